The van der Waals surface area contributed by atoms with Gasteiger partial charge in [0.1, 0.15) is 5.76 Å². The predicted molar refractivity (Wildman–Crippen MR) is 93.9 cm³/mol. The highest BCUT2D eigenvalue weighted by Gasteiger charge is 2.37. The molecule has 0 unspecified atom stereocenters. The highest BCUT2D eigenvalue weighted by atomic mass is 16.4. The number of amides is 1. The SMILES string of the molecule is CCC1=CC(=O)c2c(-c3ccc(C)cc3)oc(C(=O)N(C)C)c2C1=O. The number of hydrogen-bond acceptors (Lipinski definition) is 4. The van der Waals surface area contributed by atoms with E-state index in [2.05, 4.69) is 0 Å². The van der Waals surface area contributed by atoms with Gasteiger partial charge < -0.3 is 9.32 Å². The normalized spacial score (nSPS) is 13.5. The first-order valence-electron chi connectivity index (χ1n) is 8.10. The van der Waals surface area contributed by atoms with Gasteiger partial charge in [-0.25, -0.2) is 0 Å². The van der Waals surface area contributed by atoms with Crippen molar-refractivity contribution in [2.75, 3.05) is 14.1 Å². The molecule has 0 fully saturated rings. The standard InChI is InChI=1S/C20H19NO4/c1-5-12-10-14(22)15-16(17(12)23)19(20(24)21(3)4)25-18(15)13-8-6-11(2)7-9-13/h6-10H,5H2,1-4H3. The van der Waals surface area contributed by atoms with E-state index in [9.17, 15) is 14.4 Å². The minimum atomic E-state index is -0.437. The summed E-state index contributed by atoms with van der Waals surface area (Å²) in [6, 6.07) is 7.41. The van der Waals surface area contributed by atoms with Crippen LogP contribution in [0.3, 0.4) is 0 Å². The van der Waals surface area contributed by atoms with E-state index in [1.165, 1.54) is 11.0 Å². The molecular weight excluding hydrogens is 318 g/mol. The molecule has 1 aliphatic carbocycles. The first kappa shape index (κ1) is 16.9. The van der Waals surface area contributed by atoms with Crippen LogP contribution in [-0.2, 0) is 0 Å². The lowest BCUT2D eigenvalue weighted by atomic mass is 9.87. The number of fused-ring (bicyclic) bond motifs is 1. The van der Waals surface area contributed by atoms with Crippen LogP contribution in [0.5, 0.6) is 0 Å². The number of nitrogens with zero attached hydrogens (tertiary/aromatic N) is 1. The van der Waals surface area contributed by atoms with Crippen molar-refractivity contribution in [3.05, 3.63) is 58.4 Å². The molecule has 1 aliphatic rings. The fraction of sp³-hybridized carbons (Fsp3) is 0.250. The number of hydrogen-bond donors (Lipinski definition) is 0. The quantitative estimate of drug-likeness (QED) is 0.857. The van der Waals surface area contributed by atoms with Gasteiger partial charge in [-0.1, -0.05) is 36.8 Å². The average Bonchev–Trinajstić information content (AvgIpc) is 2.99. The molecule has 0 N–H and O–H groups in total. The molecule has 0 atom stereocenters. The topological polar surface area (TPSA) is 67.6 Å². The van der Waals surface area contributed by atoms with Gasteiger partial charge in [0.2, 0.25) is 5.76 Å². The van der Waals surface area contributed by atoms with Crippen LogP contribution in [0.25, 0.3) is 11.3 Å². The number of furan rings is 1. The second kappa shape index (κ2) is 6.16. The highest BCUT2D eigenvalue weighted by Crippen LogP contribution is 2.37. The molecule has 1 aromatic carbocycles. The molecular formula is C20H19NO4. The monoisotopic (exact) mass is 337 g/mol. The van der Waals surface area contributed by atoms with Crippen molar-refractivity contribution >= 4 is 17.5 Å². The van der Waals surface area contributed by atoms with E-state index in [-0.39, 0.29) is 34.2 Å². The molecule has 1 heterocycles. The number of aryl methyl sites for hydroxylation is 1. The summed E-state index contributed by atoms with van der Waals surface area (Å²) in [6.07, 6.45) is 1.77. The van der Waals surface area contributed by atoms with Gasteiger partial charge in [-0.15, -0.1) is 0 Å². The summed E-state index contributed by atoms with van der Waals surface area (Å²) in [5.74, 6) is -0.862. The Morgan fingerprint density at radius 2 is 1.72 bits per heavy atom. The molecule has 128 valence electrons. The molecule has 25 heavy (non-hydrogen) atoms. The number of carbonyl (C=O) groups is 3. The fourth-order valence-corrected chi connectivity index (χ4v) is 2.86. The molecule has 0 saturated carbocycles. The molecule has 3 rings (SSSR count). The zero-order chi connectivity index (χ0) is 18.3. The molecule has 5 nitrogen and oxygen atoms in total. The number of carbonyl (C=O) groups excluding carboxylic acids is 3. The van der Waals surface area contributed by atoms with E-state index in [1.54, 1.807) is 21.0 Å². The van der Waals surface area contributed by atoms with Crippen LogP contribution in [0.15, 0.2) is 40.3 Å². The van der Waals surface area contributed by atoms with E-state index >= 15 is 0 Å². The van der Waals surface area contributed by atoms with Crippen molar-refractivity contribution in [3.8, 4) is 11.3 Å². The number of benzene rings is 1. The number of ketones is 2. The minimum Gasteiger partial charge on any atom is -0.449 e. The molecule has 2 aromatic rings. The van der Waals surface area contributed by atoms with Crippen LogP contribution in [0.1, 0.15) is 50.2 Å². The van der Waals surface area contributed by atoms with Gasteiger partial charge in [-0.3, -0.25) is 14.4 Å². The average molecular weight is 337 g/mol. The van der Waals surface area contributed by atoms with Crippen molar-refractivity contribution in [1.82, 2.24) is 4.90 Å². The molecule has 1 amide bonds. The summed E-state index contributed by atoms with van der Waals surface area (Å²) in [5.41, 5.74) is 2.37. The minimum absolute atomic E-state index is 0.0759. The van der Waals surface area contributed by atoms with E-state index in [1.807, 2.05) is 31.2 Å². The molecule has 0 aliphatic heterocycles. The number of Topliss-reactive ketones (excluding diaryl/α,β-unsaturated/α-hetero) is 1. The maximum Gasteiger partial charge on any atom is 0.289 e. The summed E-state index contributed by atoms with van der Waals surface area (Å²) in [7, 11) is 3.16. The molecule has 0 spiro atoms. The molecule has 0 bridgehead atoms. The lowest BCUT2D eigenvalue weighted by Crippen LogP contribution is -2.25. The Morgan fingerprint density at radius 1 is 1.08 bits per heavy atom. The summed E-state index contributed by atoms with van der Waals surface area (Å²) in [6.45, 7) is 3.75. The van der Waals surface area contributed by atoms with Crippen LogP contribution >= 0.6 is 0 Å². The highest BCUT2D eigenvalue weighted by molar-refractivity contribution is 6.29. The molecule has 1 aromatic heterocycles. The van der Waals surface area contributed by atoms with Gasteiger partial charge in [0.05, 0.1) is 11.1 Å². The van der Waals surface area contributed by atoms with Crippen LogP contribution in [-0.4, -0.2) is 36.5 Å². The van der Waals surface area contributed by atoms with Gasteiger partial charge in [-0.2, -0.15) is 0 Å². The Kier molecular flexibility index (Phi) is 4.17. The van der Waals surface area contributed by atoms with Gasteiger partial charge in [0, 0.05) is 25.2 Å². The van der Waals surface area contributed by atoms with Gasteiger partial charge >= 0.3 is 0 Å². The second-order valence-corrected chi connectivity index (χ2v) is 6.29. The lowest BCUT2D eigenvalue weighted by molar-refractivity contribution is 0.0791. The summed E-state index contributed by atoms with van der Waals surface area (Å²) in [4.78, 5) is 39.3. The molecule has 0 saturated heterocycles. The number of allylic oxidation sites excluding steroid dienone is 2. The van der Waals surface area contributed by atoms with Crippen molar-refractivity contribution in [1.29, 1.82) is 0 Å². The molecule has 5 heteroatoms. The first-order valence-corrected chi connectivity index (χ1v) is 8.10. The van der Waals surface area contributed by atoms with Crippen molar-refractivity contribution in [2.24, 2.45) is 0 Å². The van der Waals surface area contributed by atoms with Gasteiger partial charge in [-0.05, 0) is 19.4 Å². The van der Waals surface area contributed by atoms with Crippen LogP contribution in [0, 0.1) is 6.92 Å². The maximum atomic E-state index is 12.8. The van der Waals surface area contributed by atoms with Crippen molar-refractivity contribution < 1.29 is 18.8 Å². The Hall–Kier alpha value is -2.95. The zero-order valence-electron chi connectivity index (χ0n) is 14.7. The first-order chi connectivity index (χ1) is 11.8. The van der Waals surface area contributed by atoms with E-state index in [0.29, 0.717) is 17.6 Å². The van der Waals surface area contributed by atoms with Crippen LogP contribution in [0.2, 0.25) is 0 Å². The Balaban J connectivity index is 2.29. The largest absolute Gasteiger partial charge is 0.449 e. The van der Waals surface area contributed by atoms with Crippen molar-refractivity contribution in [2.45, 2.75) is 20.3 Å². The Bertz CT molecular complexity index is 914. The fourth-order valence-electron chi connectivity index (χ4n) is 2.86. The van der Waals surface area contributed by atoms with Gasteiger partial charge in [0.25, 0.3) is 5.91 Å². The zero-order valence-corrected chi connectivity index (χ0v) is 14.7. The summed E-state index contributed by atoms with van der Waals surface area (Å²) >= 11 is 0. The van der Waals surface area contributed by atoms with Crippen LogP contribution in [0.4, 0.5) is 0 Å². The third kappa shape index (κ3) is 2.71. The third-order valence-electron chi connectivity index (χ3n) is 4.27. The summed E-state index contributed by atoms with van der Waals surface area (Å²) < 4.78 is 5.78. The molecule has 0 radical (unpaired) electrons. The smallest absolute Gasteiger partial charge is 0.289 e. The van der Waals surface area contributed by atoms with Crippen LogP contribution < -0.4 is 0 Å². The second-order valence-electron chi connectivity index (χ2n) is 6.29. The lowest BCUT2D eigenvalue weighted by Gasteiger charge is -2.13. The maximum absolute atomic E-state index is 12.8. The predicted octanol–water partition coefficient (Wildman–Crippen LogP) is 3.67. The Labute approximate surface area is 145 Å². The van der Waals surface area contributed by atoms with E-state index in [0.717, 1.165) is 5.56 Å². The van der Waals surface area contributed by atoms with E-state index < -0.39 is 5.91 Å². The summed E-state index contributed by atoms with van der Waals surface area (Å²) in [5, 5.41) is 0. The number of rotatable bonds is 3. The van der Waals surface area contributed by atoms with Crippen molar-refractivity contribution in [3.63, 3.8) is 0 Å². The van der Waals surface area contributed by atoms with E-state index in [4.69, 9.17) is 4.42 Å². The Morgan fingerprint density at radius 3 is 2.28 bits per heavy atom. The third-order valence-corrected chi connectivity index (χ3v) is 4.27. The van der Waals surface area contributed by atoms with Gasteiger partial charge in [0.15, 0.2) is 11.6 Å².